The van der Waals surface area contributed by atoms with Crippen LogP contribution in [0.2, 0.25) is 0 Å². The molecule has 0 spiro atoms. The Balaban J connectivity index is 1.79. The lowest BCUT2D eigenvalue weighted by Gasteiger charge is -2.22. The molecule has 0 aliphatic carbocycles. The fourth-order valence-electron chi connectivity index (χ4n) is 3.03. The van der Waals surface area contributed by atoms with Crippen molar-refractivity contribution in [1.82, 2.24) is 30.4 Å². The lowest BCUT2D eigenvalue weighted by molar-refractivity contribution is 0.0764. The molecular formula is C15H18F2N6O. The molecule has 2 aromatic rings. The third-order valence-electron chi connectivity index (χ3n) is 4.23. The largest absolute Gasteiger partial charge is 0.341 e. The van der Waals surface area contributed by atoms with E-state index in [1.807, 2.05) is 7.05 Å². The van der Waals surface area contributed by atoms with Crippen molar-refractivity contribution >= 4 is 5.91 Å². The van der Waals surface area contributed by atoms with Gasteiger partial charge in [0.15, 0.2) is 0 Å². The Bertz CT molecular complexity index is 713. The third kappa shape index (κ3) is 3.25. The summed E-state index contributed by atoms with van der Waals surface area (Å²) in [7, 11) is 3.57. The van der Waals surface area contributed by atoms with Gasteiger partial charge >= 0.3 is 0 Å². The second-order valence-electron chi connectivity index (χ2n) is 6.15. The minimum Gasteiger partial charge on any atom is -0.341 e. The molecule has 9 heteroatoms. The topological polar surface area (TPSA) is 78.0 Å². The van der Waals surface area contributed by atoms with E-state index < -0.39 is 23.1 Å². The van der Waals surface area contributed by atoms with Gasteiger partial charge in [-0.3, -0.25) is 4.79 Å². The van der Waals surface area contributed by atoms with Crippen LogP contribution in [-0.4, -0.2) is 70.1 Å². The molecule has 0 bridgehead atoms. The molecule has 0 saturated carbocycles. The van der Waals surface area contributed by atoms with E-state index in [0.29, 0.717) is 12.5 Å². The molecule has 1 atom stereocenters. The maximum absolute atomic E-state index is 14.3. The molecule has 1 N–H and O–H groups in total. The number of nitrogens with zero attached hydrogens (tertiary/aromatic N) is 5. The molecular weight excluding hydrogens is 318 g/mol. The second-order valence-corrected chi connectivity index (χ2v) is 6.15. The van der Waals surface area contributed by atoms with E-state index in [-0.39, 0.29) is 11.4 Å². The van der Waals surface area contributed by atoms with Gasteiger partial charge in [-0.15, -0.1) is 10.2 Å². The average Bonchev–Trinajstić information content (AvgIpc) is 3.18. The number of halogens is 2. The number of nitrogens with one attached hydrogen (secondary N) is 1. The van der Waals surface area contributed by atoms with Crippen LogP contribution < -0.4 is 0 Å². The molecule has 3 rings (SSSR count). The van der Waals surface area contributed by atoms with Crippen LogP contribution in [0.1, 0.15) is 16.8 Å². The summed E-state index contributed by atoms with van der Waals surface area (Å²) in [6.45, 7) is 2.31. The second kappa shape index (κ2) is 6.60. The van der Waals surface area contributed by atoms with E-state index in [1.54, 1.807) is 7.05 Å². The van der Waals surface area contributed by atoms with Gasteiger partial charge in [0, 0.05) is 25.7 Å². The molecule has 1 amide bonds. The smallest absolute Gasteiger partial charge is 0.259 e. The lowest BCUT2D eigenvalue weighted by atomic mass is 10.1. The molecule has 24 heavy (non-hydrogen) atoms. The molecule has 2 heterocycles. The zero-order valence-corrected chi connectivity index (χ0v) is 13.5. The maximum Gasteiger partial charge on any atom is 0.259 e. The molecule has 1 aliphatic heterocycles. The summed E-state index contributed by atoms with van der Waals surface area (Å²) in [4.78, 5) is 16.0. The Labute approximate surface area is 137 Å². The maximum atomic E-state index is 14.3. The van der Waals surface area contributed by atoms with Gasteiger partial charge in [-0.2, -0.15) is 5.21 Å². The Morgan fingerprint density at radius 2 is 2.12 bits per heavy atom. The highest BCUT2D eigenvalue weighted by Crippen LogP contribution is 2.23. The number of aromatic amines is 1. The zero-order chi connectivity index (χ0) is 17.3. The minimum atomic E-state index is -0.935. The Hall–Kier alpha value is -2.42. The standard InChI is InChI=1S/C15H18F2N6O/c1-22-4-3-9(7-22)8-23(2)15(24)13-11(16)5-10(6-12(13)17)14-18-20-21-19-14/h5-6,9H,3-4,7-8H2,1-2H3,(H,18,19,20,21). The van der Waals surface area contributed by atoms with E-state index in [9.17, 15) is 13.6 Å². The number of benzene rings is 1. The molecule has 1 aliphatic rings. The number of aromatic nitrogens is 4. The van der Waals surface area contributed by atoms with E-state index in [0.717, 1.165) is 31.6 Å². The van der Waals surface area contributed by atoms with Crippen molar-refractivity contribution in [2.24, 2.45) is 5.92 Å². The van der Waals surface area contributed by atoms with Crippen LogP contribution >= 0.6 is 0 Å². The van der Waals surface area contributed by atoms with E-state index in [4.69, 9.17) is 0 Å². The number of hydrogen-bond donors (Lipinski definition) is 1. The van der Waals surface area contributed by atoms with Crippen LogP contribution in [0.5, 0.6) is 0 Å². The first-order valence-electron chi connectivity index (χ1n) is 7.62. The summed E-state index contributed by atoms with van der Waals surface area (Å²) in [5.41, 5.74) is -0.438. The van der Waals surface area contributed by atoms with Crippen molar-refractivity contribution in [3.63, 3.8) is 0 Å². The first-order chi connectivity index (χ1) is 11.5. The van der Waals surface area contributed by atoms with Crippen LogP contribution in [-0.2, 0) is 0 Å². The van der Waals surface area contributed by atoms with E-state index in [1.165, 1.54) is 4.90 Å². The highest BCUT2D eigenvalue weighted by atomic mass is 19.1. The number of amides is 1. The van der Waals surface area contributed by atoms with Crippen LogP contribution in [0.25, 0.3) is 11.4 Å². The molecule has 7 nitrogen and oxygen atoms in total. The summed E-state index contributed by atoms with van der Waals surface area (Å²) in [6, 6.07) is 2.08. The van der Waals surface area contributed by atoms with Crippen molar-refractivity contribution < 1.29 is 13.6 Å². The van der Waals surface area contributed by atoms with Gasteiger partial charge in [-0.1, -0.05) is 0 Å². The van der Waals surface area contributed by atoms with Crippen LogP contribution in [0.3, 0.4) is 0 Å². The Morgan fingerprint density at radius 1 is 1.42 bits per heavy atom. The van der Waals surface area contributed by atoms with Gasteiger partial charge in [0.1, 0.15) is 17.2 Å². The van der Waals surface area contributed by atoms with E-state index >= 15 is 0 Å². The van der Waals surface area contributed by atoms with Crippen molar-refractivity contribution in [1.29, 1.82) is 0 Å². The summed E-state index contributed by atoms with van der Waals surface area (Å²) >= 11 is 0. The fraction of sp³-hybridized carbons (Fsp3) is 0.467. The van der Waals surface area contributed by atoms with Crippen molar-refractivity contribution in [3.05, 3.63) is 29.3 Å². The van der Waals surface area contributed by atoms with Crippen LogP contribution in [0, 0.1) is 17.6 Å². The highest BCUT2D eigenvalue weighted by molar-refractivity contribution is 5.95. The molecule has 1 aromatic heterocycles. The number of likely N-dealkylation sites (tertiary alicyclic amines) is 1. The van der Waals surface area contributed by atoms with E-state index in [2.05, 4.69) is 25.5 Å². The van der Waals surface area contributed by atoms with Crippen LogP contribution in [0.15, 0.2) is 12.1 Å². The van der Waals surface area contributed by atoms with Crippen LogP contribution in [0.4, 0.5) is 8.78 Å². The first kappa shape index (κ1) is 16.4. The summed E-state index contributed by atoms with van der Waals surface area (Å²) in [5.74, 6) is -2.16. The van der Waals surface area contributed by atoms with Gasteiger partial charge in [-0.25, -0.2) is 8.78 Å². The average molecular weight is 336 g/mol. The number of hydrogen-bond acceptors (Lipinski definition) is 5. The third-order valence-corrected chi connectivity index (χ3v) is 4.23. The zero-order valence-electron chi connectivity index (χ0n) is 13.5. The summed E-state index contributed by atoms with van der Waals surface area (Å²) in [6.07, 6.45) is 0.968. The number of tetrazole rings is 1. The monoisotopic (exact) mass is 336 g/mol. The molecule has 1 aromatic carbocycles. The van der Waals surface area contributed by atoms with Crippen molar-refractivity contribution in [2.75, 3.05) is 33.7 Å². The normalized spacial score (nSPS) is 18.1. The van der Waals surface area contributed by atoms with Crippen molar-refractivity contribution in [3.8, 4) is 11.4 Å². The number of H-pyrrole nitrogens is 1. The van der Waals surface area contributed by atoms with Gasteiger partial charge in [0.25, 0.3) is 5.91 Å². The molecule has 0 radical (unpaired) electrons. The predicted octanol–water partition coefficient (Wildman–Crippen LogP) is 1.17. The quantitative estimate of drug-likeness (QED) is 0.907. The number of rotatable bonds is 4. The molecule has 1 unspecified atom stereocenters. The van der Waals surface area contributed by atoms with Gasteiger partial charge in [0.2, 0.25) is 5.82 Å². The Kier molecular flexibility index (Phi) is 4.52. The predicted molar refractivity (Wildman–Crippen MR) is 82.1 cm³/mol. The molecule has 1 saturated heterocycles. The SMILES string of the molecule is CN1CCC(CN(C)C(=O)c2c(F)cc(-c3nn[nH]n3)cc2F)C1. The summed E-state index contributed by atoms with van der Waals surface area (Å²) < 4.78 is 28.6. The minimum absolute atomic E-state index is 0.0640. The number of carbonyl (C=O) groups is 1. The lowest BCUT2D eigenvalue weighted by Crippen LogP contribution is -2.34. The first-order valence-corrected chi connectivity index (χ1v) is 7.62. The Morgan fingerprint density at radius 3 is 2.67 bits per heavy atom. The number of carbonyl (C=O) groups excluding carboxylic acids is 1. The molecule has 1 fully saturated rings. The van der Waals surface area contributed by atoms with Gasteiger partial charge in [0.05, 0.1) is 0 Å². The molecule has 128 valence electrons. The fourth-order valence-corrected chi connectivity index (χ4v) is 3.03. The highest BCUT2D eigenvalue weighted by Gasteiger charge is 2.27. The van der Waals surface area contributed by atoms with Crippen molar-refractivity contribution in [2.45, 2.75) is 6.42 Å². The van der Waals surface area contributed by atoms with Gasteiger partial charge < -0.3 is 9.80 Å². The van der Waals surface area contributed by atoms with Gasteiger partial charge in [-0.05, 0) is 43.3 Å². The summed E-state index contributed by atoms with van der Waals surface area (Å²) in [5, 5.41) is 12.9.